The summed E-state index contributed by atoms with van der Waals surface area (Å²) in [7, 11) is -3.72. The second kappa shape index (κ2) is 7.34. The normalized spacial score (nSPS) is 34.5. The molecule has 6 heteroatoms. The van der Waals surface area contributed by atoms with Crippen molar-refractivity contribution in [1.29, 1.82) is 0 Å². The van der Waals surface area contributed by atoms with E-state index in [0.717, 1.165) is 12.8 Å². The number of rotatable bonds is 7. The maximum Gasteiger partial charge on any atom is 0.392 e. The minimum atomic E-state index is -2.16. The Balaban J connectivity index is 2.40. The number of fused-ring (bicyclic) bond motifs is 2. The van der Waals surface area contributed by atoms with Crippen LogP contribution in [0.4, 0.5) is 0 Å². The van der Waals surface area contributed by atoms with Crippen LogP contribution in [0.1, 0.15) is 67.7 Å². The van der Waals surface area contributed by atoms with Crippen molar-refractivity contribution in [3.63, 3.8) is 0 Å². The van der Waals surface area contributed by atoms with Crippen molar-refractivity contribution in [1.82, 2.24) is 0 Å². The van der Waals surface area contributed by atoms with Crippen molar-refractivity contribution in [3.8, 4) is 0 Å². The Morgan fingerprint density at radius 3 is 2.12 bits per heavy atom. The predicted molar refractivity (Wildman–Crippen MR) is 110 cm³/mol. The molecule has 0 aromatic rings. The highest BCUT2D eigenvalue weighted by molar-refractivity contribution is 6.75. The van der Waals surface area contributed by atoms with E-state index in [1.807, 2.05) is 13.8 Å². The summed E-state index contributed by atoms with van der Waals surface area (Å²) in [4.78, 5) is 13.6. The van der Waals surface area contributed by atoms with Gasteiger partial charge in [-0.15, -0.1) is 0 Å². The Kier molecular flexibility index (Phi) is 6.24. The van der Waals surface area contributed by atoms with E-state index in [-0.39, 0.29) is 16.0 Å². The summed E-state index contributed by atoms with van der Waals surface area (Å²) < 4.78 is 18.7. The maximum absolute atomic E-state index is 13.6. The third kappa shape index (κ3) is 3.35. The maximum atomic E-state index is 13.6. The summed E-state index contributed by atoms with van der Waals surface area (Å²) in [6.45, 7) is 20.6. The predicted octanol–water partition coefficient (Wildman–Crippen LogP) is 5.29. The standard InChI is InChI=1S/C20H39O4Si2/c1-10-22-25(23-11-2)20-14-16(12-15(20)3)13-19(20,7)17(21)24-26(8,9)18(4,5)6/h15-16H,10-14H2,1-9H3. The lowest BCUT2D eigenvalue weighted by Gasteiger charge is -2.49. The van der Waals surface area contributed by atoms with Crippen LogP contribution >= 0.6 is 0 Å². The molecule has 2 fully saturated rings. The summed E-state index contributed by atoms with van der Waals surface area (Å²) in [5, 5.41) is -0.170. The molecule has 4 nitrogen and oxygen atoms in total. The van der Waals surface area contributed by atoms with Crippen molar-refractivity contribution < 1.29 is 18.1 Å². The Morgan fingerprint density at radius 2 is 1.69 bits per heavy atom. The molecule has 2 bridgehead atoms. The van der Waals surface area contributed by atoms with Crippen molar-refractivity contribution in [3.05, 3.63) is 0 Å². The van der Waals surface area contributed by atoms with Crippen LogP contribution in [0.15, 0.2) is 0 Å². The van der Waals surface area contributed by atoms with Crippen LogP contribution < -0.4 is 0 Å². The Hall–Kier alpha value is -0.176. The summed E-state index contributed by atoms with van der Waals surface area (Å²) in [5.74, 6) is 1.02. The van der Waals surface area contributed by atoms with E-state index < -0.39 is 23.0 Å². The summed E-state index contributed by atoms with van der Waals surface area (Å²) >= 11 is 0. The number of carbonyl (C=O) groups is 1. The summed E-state index contributed by atoms with van der Waals surface area (Å²) in [6.07, 6.45) is 3.14. The van der Waals surface area contributed by atoms with Gasteiger partial charge in [-0.3, -0.25) is 4.79 Å². The van der Waals surface area contributed by atoms with Gasteiger partial charge in [0, 0.05) is 18.3 Å². The van der Waals surface area contributed by atoms with Crippen LogP contribution in [0.25, 0.3) is 0 Å². The molecule has 26 heavy (non-hydrogen) atoms. The largest absolute Gasteiger partial charge is 0.519 e. The van der Waals surface area contributed by atoms with Gasteiger partial charge in [0.25, 0.3) is 14.3 Å². The molecule has 151 valence electrons. The lowest BCUT2D eigenvalue weighted by molar-refractivity contribution is -0.150. The zero-order valence-corrected chi connectivity index (χ0v) is 20.3. The first-order valence-corrected chi connectivity index (χ1v) is 14.4. The number of hydrogen-bond acceptors (Lipinski definition) is 4. The van der Waals surface area contributed by atoms with Crippen molar-refractivity contribution in [2.75, 3.05) is 13.2 Å². The number of hydrogen-bond donors (Lipinski definition) is 0. The fraction of sp³-hybridized carbons (Fsp3) is 0.950. The molecule has 2 aliphatic rings. The van der Waals surface area contributed by atoms with Gasteiger partial charge in [0.2, 0.25) is 0 Å². The molecule has 4 unspecified atom stereocenters. The van der Waals surface area contributed by atoms with Gasteiger partial charge in [-0.2, -0.15) is 0 Å². The molecular weight excluding hydrogens is 360 g/mol. The molecule has 4 atom stereocenters. The highest BCUT2D eigenvalue weighted by atomic mass is 28.4. The second-order valence-corrected chi connectivity index (χ2v) is 16.8. The molecule has 0 aliphatic heterocycles. The smallest absolute Gasteiger partial charge is 0.392 e. The molecule has 0 aromatic carbocycles. The van der Waals surface area contributed by atoms with Crippen LogP contribution in [0.5, 0.6) is 0 Å². The molecule has 0 amide bonds. The SMILES string of the molecule is CCO[Si](OCC)C12CC(CC1C)CC2(C)C(=O)O[Si](C)(C)C(C)(C)C. The molecular formula is C20H39O4Si2. The topological polar surface area (TPSA) is 44.8 Å². The first-order chi connectivity index (χ1) is 11.9. The minimum absolute atomic E-state index is 0.0000442. The van der Waals surface area contributed by atoms with E-state index in [4.69, 9.17) is 13.3 Å². The van der Waals surface area contributed by atoms with Crippen LogP contribution in [0.3, 0.4) is 0 Å². The Labute approximate surface area is 163 Å². The third-order valence-corrected chi connectivity index (χ3v) is 14.7. The van der Waals surface area contributed by atoms with Gasteiger partial charge in [0.05, 0.1) is 5.41 Å². The van der Waals surface area contributed by atoms with Crippen molar-refractivity contribution >= 4 is 23.6 Å². The first kappa shape index (κ1) is 22.1. The van der Waals surface area contributed by atoms with Crippen molar-refractivity contribution in [2.24, 2.45) is 17.3 Å². The van der Waals surface area contributed by atoms with E-state index >= 15 is 0 Å². The van der Waals surface area contributed by atoms with E-state index in [1.165, 1.54) is 6.42 Å². The van der Waals surface area contributed by atoms with Gasteiger partial charge < -0.3 is 13.3 Å². The molecule has 0 heterocycles. The lowest BCUT2D eigenvalue weighted by atomic mass is 9.69. The third-order valence-electron chi connectivity index (χ3n) is 7.34. The fourth-order valence-electron chi connectivity index (χ4n) is 4.96. The van der Waals surface area contributed by atoms with Gasteiger partial charge >= 0.3 is 9.28 Å². The average Bonchev–Trinajstić information content (AvgIpc) is 2.97. The molecule has 2 saturated carbocycles. The minimum Gasteiger partial charge on any atom is -0.519 e. The van der Waals surface area contributed by atoms with E-state index in [0.29, 0.717) is 25.0 Å². The van der Waals surface area contributed by atoms with Gasteiger partial charge in [-0.1, -0.05) is 27.7 Å². The Morgan fingerprint density at radius 1 is 1.15 bits per heavy atom. The molecule has 2 rings (SSSR count). The van der Waals surface area contributed by atoms with E-state index in [2.05, 4.69) is 47.7 Å². The summed E-state index contributed by atoms with van der Waals surface area (Å²) in [5.41, 5.74) is -0.497. The van der Waals surface area contributed by atoms with Gasteiger partial charge in [0.1, 0.15) is 0 Å². The van der Waals surface area contributed by atoms with Gasteiger partial charge in [-0.25, -0.2) is 0 Å². The fourth-order valence-corrected chi connectivity index (χ4v) is 8.71. The highest BCUT2D eigenvalue weighted by Crippen LogP contribution is 2.73. The molecule has 0 spiro atoms. The molecule has 1 radical (unpaired) electrons. The van der Waals surface area contributed by atoms with Crippen LogP contribution in [-0.2, 0) is 18.1 Å². The first-order valence-electron chi connectivity index (χ1n) is 10.2. The monoisotopic (exact) mass is 399 g/mol. The van der Waals surface area contributed by atoms with Gasteiger partial charge in [-0.05, 0) is 70.0 Å². The van der Waals surface area contributed by atoms with Crippen molar-refractivity contribution in [2.45, 2.75) is 90.9 Å². The van der Waals surface area contributed by atoms with Gasteiger partial charge in [0.15, 0.2) is 0 Å². The van der Waals surface area contributed by atoms with E-state index in [1.54, 1.807) is 0 Å². The molecule has 2 aliphatic carbocycles. The van der Waals surface area contributed by atoms with Crippen LogP contribution in [0, 0.1) is 17.3 Å². The summed E-state index contributed by atoms with van der Waals surface area (Å²) in [6, 6.07) is 0. The lowest BCUT2D eigenvalue weighted by Crippen LogP contribution is -2.55. The quantitative estimate of drug-likeness (QED) is 0.545. The second-order valence-electron chi connectivity index (χ2n) is 10.0. The van der Waals surface area contributed by atoms with Crippen LogP contribution in [0.2, 0.25) is 23.2 Å². The highest BCUT2D eigenvalue weighted by Gasteiger charge is 2.72. The number of carbonyl (C=O) groups excluding carboxylic acids is 1. The molecule has 0 saturated heterocycles. The van der Waals surface area contributed by atoms with E-state index in [9.17, 15) is 4.79 Å². The van der Waals surface area contributed by atoms with Crippen LogP contribution in [-0.4, -0.2) is 36.8 Å². The zero-order chi connectivity index (χ0) is 20.0. The molecule has 0 N–H and O–H groups in total. The zero-order valence-electron chi connectivity index (χ0n) is 18.3. The molecule has 0 aromatic heterocycles. The average molecular weight is 400 g/mol. The Bertz CT molecular complexity index is 524.